The van der Waals surface area contributed by atoms with E-state index in [0.29, 0.717) is 0 Å². The van der Waals surface area contributed by atoms with E-state index >= 15 is 0 Å². The highest BCUT2D eigenvalue weighted by molar-refractivity contribution is 5.23. The molecule has 0 saturated carbocycles. The highest BCUT2D eigenvalue weighted by Crippen LogP contribution is 2.18. The zero-order valence-corrected chi connectivity index (χ0v) is 15.1. The lowest BCUT2D eigenvalue weighted by molar-refractivity contribution is 0.191. The lowest BCUT2D eigenvalue weighted by Crippen LogP contribution is -2.35. The third-order valence-electron chi connectivity index (χ3n) is 5.03. The number of nitrogens with zero attached hydrogens (tertiary/aromatic N) is 1. The Morgan fingerprint density at radius 1 is 0.792 bits per heavy atom. The van der Waals surface area contributed by atoms with Crippen LogP contribution in [-0.2, 0) is 13.1 Å². The number of piperidine rings is 1. The minimum Gasteiger partial charge on any atom is -0.317 e. The van der Waals surface area contributed by atoms with Crippen LogP contribution < -0.4 is 5.32 Å². The molecule has 24 heavy (non-hydrogen) atoms. The van der Waals surface area contributed by atoms with Gasteiger partial charge in [0.05, 0.1) is 0 Å². The van der Waals surface area contributed by atoms with E-state index in [2.05, 4.69) is 72.6 Å². The van der Waals surface area contributed by atoms with E-state index < -0.39 is 0 Å². The van der Waals surface area contributed by atoms with Crippen LogP contribution in [0.4, 0.5) is 0 Å². The first-order valence-electron chi connectivity index (χ1n) is 9.23. The number of rotatable bonds is 6. The predicted octanol–water partition coefficient (Wildman–Crippen LogP) is 4.31. The molecule has 0 spiro atoms. The average molecular weight is 322 g/mol. The summed E-state index contributed by atoms with van der Waals surface area (Å²) in [6, 6.07) is 18.0. The summed E-state index contributed by atoms with van der Waals surface area (Å²) in [7, 11) is 0. The lowest BCUT2D eigenvalue weighted by atomic mass is 9.97. The van der Waals surface area contributed by atoms with Crippen LogP contribution in [0.15, 0.2) is 48.5 Å². The van der Waals surface area contributed by atoms with Crippen molar-refractivity contribution in [3.05, 3.63) is 70.8 Å². The quantitative estimate of drug-likeness (QED) is 0.853. The van der Waals surface area contributed by atoms with Crippen molar-refractivity contribution in [1.29, 1.82) is 0 Å². The van der Waals surface area contributed by atoms with Crippen LogP contribution in [0.25, 0.3) is 0 Å². The van der Waals surface area contributed by atoms with E-state index in [9.17, 15) is 0 Å². The van der Waals surface area contributed by atoms with E-state index in [-0.39, 0.29) is 0 Å². The van der Waals surface area contributed by atoms with Gasteiger partial charge in [0.1, 0.15) is 0 Å². The molecule has 1 fully saturated rings. The molecule has 2 aromatic carbocycles. The van der Waals surface area contributed by atoms with Crippen molar-refractivity contribution < 1.29 is 0 Å². The van der Waals surface area contributed by atoms with Crippen molar-refractivity contribution >= 4 is 0 Å². The first-order valence-corrected chi connectivity index (χ1v) is 9.23. The van der Waals surface area contributed by atoms with Gasteiger partial charge in [0.25, 0.3) is 0 Å². The monoisotopic (exact) mass is 322 g/mol. The van der Waals surface area contributed by atoms with Gasteiger partial charge in [-0.3, -0.25) is 4.90 Å². The minimum atomic E-state index is 0.821. The van der Waals surface area contributed by atoms with Gasteiger partial charge in [-0.1, -0.05) is 59.7 Å². The van der Waals surface area contributed by atoms with Crippen LogP contribution in [-0.4, -0.2) is 24.5 Å². The Morgan fingerprint density at radius 2 is 1.25 bits per heavy atom. The van der Waals surface area contributed by atoms with Crippen LogP contribution in [0.3, 0.4) is 0 Å². The molecule has 1 heterocycles. The number of hydrogen-bond acceptors (Lipinski definition) is 2. The molecule has 0 radical (unpaired) electrons. The lowest BCUT2D eigenvalue weighted by Gasteiger charge is -2.30. The maximum absolute atomic E-state index is 3.48. The summed E-state index contributed by atoms with van der Waals surface area (Å²) in [5.41, 5.74) is 5.51. The number of benzene rings is 2. The zero-order valence-electron chi connectivity index (χ0n) is 15.1. The maximum atomic E-state index is 3.48. The van der Waals surface area contributed by atoms with Crippen molar-refractivity contribution in [3.8, 4) is 0 Å². The normalized spacial score (nSPS) is 15.8. The molecule has 2 aromatic rings. The molecule has 0 aromatic heterocycles. The molecule has 1 saturated heterocycles. The van der Waals surface area contributed by atoms with Crippen molar-refractivity contribution in [2.24, 2.45) is 5.92 Å². The third-order valence-corrected chi connectivity index (χ3v) is 5.03. The molecule has 2 heteroatoms. The second kappa shape index (κ2) is 8.46. The van der Waals surface area contributed by atoms with Gasteiger partial charge in [-0.2, -0.15) is 0 Å². The minimum absolute atomic E-state index is 0.821. The summed E-state index contributed by atoms with van der Waals surface area (Å²) in [5, 5.41) is 3.48. The molecule has 0 amide bonds. The zero-order chi connectivity index (χ0) is 16.8. The molecule has 1 aliphatic heterocycles. The molecule has 128 valence electrons. The van der Waals surface area contributed by atoms with Gasteiger partial charge >= 0.3 is 0 Å². The predicted molar refractivity (Wildman–Crippen MR) is 102 cm³/mol. The highest BCUT2D eigenvalue weighted by atomic mass is 15.1. The Labute approximate surface area is 146 Å². The Kier molecular flexibility index (Phi) is 6.06. The van der Waals surface area contributed by atoms with Crippen molar-refractivity contribution in [2.75, 3.05) is 19.6 Å². The highest BCUT2D eigenvalue weighted by Gasteiger charge is 2.17. The Hall–Kier alpha value is -1.64. The van der Waals surface area contributed by atoms with Gasteiger partial charge in [-0.15, -0.1) is 0 Å². The van der Waals surface area contributed by atoms with Crippen LogP contribution in [0.5, 0.6) is 0 Å². The molecule has 0 bridgehead atoms. The first-order chi connectivity index (χ1) is 11.7. The summed E-state index contributed by atoms with van der Waals surface area (Å²) in [5.74, 6) is 0.821. The van der Waals surface area contributed by atoms with E-state index in [1.807, 2.05) is 0 Å². The number of aryl methyl sites for hydroxylation is 2. The molecule has 2 nitrogen and oxygen atoms in total. The summed E-state index contributed by atoms with van der Waals surface area (Å²) < 4.78 is 0. The number of nitrogens with one attached hydrogen (secondary N) is 1. The topological polar surface area (TPSA) is 15.3 Å². The molecule has 1 N–H and O–H groups in total. The molecule has 0 unspecified atom stereocenters. The Bertz CT molecular complexity index is 562. The summed E-state index contributed by atoms with van der Waals surface area (Å²) in [6.45, 7) is 9.94. The molecular weight excluding hydrogens is 292 g/mol. The second-order valence-corrected chi connectivity index (χ2v) is 7.33. The second-order valence-electron chi connectivity index (χ2n) is 7.33. The summed E-state index contributed by atoms with van der Waals surface area (Å²) >= 11 is 0. The van der Waals surface area contributed by atoms with Crippen LogP contribution in [0.2, 0.25) is 0 Å². The maximum Gasteiger partial charge on any atom is 0.0237 e. The SMILES string of the molecule is Cc1ccc(CN(Cc2ccc(C)cc2)CC2CCNCC2)cc1. The van der Waals surface area contributed by atoms with Crippen molar-refractivity contribution in [1.82, 2.24) is 10.2 Å². The first kappa shape index (κ1) is 17.2. The van der Waals surface area contributed by atoms with Gasteiger partial charge in [-0.25, -0.2) is 0 Å². The van der Waals surface area contributed by atoms with Gasteiger partial charge < -0.3 is 5.32 Å². The largest absolute Gasteiger partial charge is 0.317 e. The smallest absolute Gasteiger partial charge is 0.0237 e. The Morgan fingerprint density at radius 3 is 1.71 bits per heavy atom. The van der Waals surface area contributed by atoms with E-state index in [0.717, 1.165) is 19.0 Å². The number of hydrogen-bond donors (Lipinski definition) is 1. The Balaban J connectivity index is 1.69. The fraction of sp³-hybridized carbons (Fsp3) is 0.455. The van der Waals surface area contributed by atoms with E-state index in [4.69, 9.17) is 0 Å². The van der Waals surface area contributed by atoms with Gasteiger partial charge in [0.15, 0.2) is 0 Å². The van der Waals surface area contributed by atoms with E-state index in [1.54, 1.807) is 0 Å². The van der Waals surface area contributed by atoms with Crippen molar-refractivity contribution in [2.45, 2.75) is 39.8 Å². The summed E-state index contributed by atoms with van der Waals surface area (Å²) in [4.78, 5) is 2.63. The van der Waals surface area contributed by atoms with Crippen LogP contribution >= 0.6 is 0 Å². The van der Waals surface area contributed by atoms with E-state index in [1.165, 1.54) is 54.7 Å². The fourth-order valence-electron chi connectivity index (χ4n) is 3.52. The van der Waals surface area contributed by atoms with Gasteiger partial charge in [0, 0.05) is 19.6 Å². The molecule has 3 rings (SSSR count). The summed E-state index contributed by atoms with van der Waals surface area (Å²) in [6.07, 6.45) is 2.61. The standard InChI is InChI=1S/C22H30N2/c1-18-3-7-20(8-4-18)15-24(17-22-11-13-23-14-12-22)16-21-9-5-19(2)6-10-21/h3-10,22-23H,11-17H2,1-2H3. The van der Waals surface area contributed by atoms with Crippen LogP contribution in [0, 0.1) is 19.8 Å². The van der Waals surface area contributed by atoms with Crippen molar-refractivity contribution in [3.63, 3.8) is 0 Å². The van der Waals surface area contributed by atoms with Gasteiger partial charge in [-0.05, 0) is 56.8 Å². The molecule has 0 atom stereocenters. The molecule has 1 aliphatic rings. The molecule has 0 aliphatic carbocycles. The molecular formula is C22H30N2. The van der Waals surface area contributed by atoms with Crippen LogP contribution in [0.1, 0.15) is 35.1 Å². The average Bonchev–Trinajstić information content (AvgIpc) is 2.60. The third kappa shape index (κ3) is 5.19. The van der Waals surface area contributed by atoms with Gasteiger partial charge in [0.2, 0.25) is 0 Å². The fourth-order valence-corrected chi connectivity index (χ4v) is 3.52.